The number of halogens is 1. The molecule has 0 fully saturated rings. The Morgan fingerprint density at radius 3 is 2.00 bits per heavy atom. The molecule has 122 valence electrons. The third-order valence-corrected chi connectivity index (χ3v) is 3.68. The first-order chi connectivity index (χ1) is 9.72. The van der Waals surface area contributed by atoms with Gasteiger partial charge in [-0.05, 0) is 19.3 Å². The van der Waals surface area contributed by atoms with Gasteiger partial charge in [-0.25, -0.2) is 0 Å². The highest BCUT2D eigenvalue weighted by Gasteiger charge is 2.09. The molecule has 0 aromatic heterocycles. The Morgan fingerprint density at radius 1 is 0.900 bits per heavy atom. The van der Waals surface area contributed by atoms with Crippen molar-refractivity contribution in [2.75, 3.05) is 52.1 Å². The van der Waals surface area contributed by atoms with Gasteiger partial charge in [0.15, 0.2) is 0 Å². The van der Waals surface area contributed by atoms with Gasteiger partial charge >= 0.3 is 0 Å². The van der Waals surface area contributed by atoms with E-state index in [-0.39, 0.29) is 0 Å². The number of ether oxygens (including phenoxy) is 3. The molecule has 0 aromatic carbocycles. The van der Waals surface area contributed by atoms with Gasteiger partial charge in [0.2, 0.25) is 0 Å². The van der Waals surface area contributed by atoms with Crippen LogP contribution in [0.15, 0.2) is 0 Å². The zero-order valence-electron chi connectivity index (χ0n) is 13.3. The molecule has 0 rings (SSSR count). The van der Waals surface area contributed by atoms with E-state index < -0.39 is 0 Å². The topological polar surface area (TPSA) is 39.7 Å². The van der Waals surface area contributed by atoms with E-state index in [9.17, 15) is 0 Å². The van der Waals surface area contributed by atoms with Gasteiger partial charge in [0, 0.05) is 25.1 Å². The Labute approximate surface area is 129 Å². The lowest BCUT2D eigenvalue weighted by Crippen LogP contribution is -2.35. The molecular weight excluding hydrogens is 278 g/mol. The summed E-state index contributed by atoms with van der Waals surface area (Å²) in [5.41, 5.74) is 0. The molecular formula is C15H32ClNO3. The van der Waals surface area contributed by atoms with E-state index in [1.54, 1.807) is 0 Å². The minimum atomic E-state index is 0.424. The summed E-state index contributed by atoms with van der Waals surface area (Å²) in [6, 6.07) is 0.424. The zero-order valence-corrected chi connectivity index (χ0v) is 14.1. The highest BCUT2D eigenvalue weighted by molar-refractivity contribution is 6.18. The molecule has 2 unspecified atom stereocenters. The molecule has 20 heavy (non-hydrogen) atoms. The summed E-state index contributed by atoms with van der Waals surface area (Å²) < 4.78 is 16.3. The minimum Gasteiger partial charge on any atom is -0.379 e. The number of hydrogen-bond acceptors (Lipinski definition) is 4. The van der Waals surface area contributed by atoms with Gasteiger partial charge in [0.25, 0.3) is 0 Å². The largest absolute Gasteiger partial charge is 0.379 e. The summed E-state index contributed by atoms with van der Waals surface area (Å²) in [5.74, 6) is 1.16. The van der Waals surface area contributed by atoms with Crippen LogP contribution in [0.3, 0.4) is 0 Å². The number of rotatable bonds is 15. The molecule has 2 atom stereocenters. The van der Waals surface area contributed by atoms with Crippen LogP contribution in [0.2, 0.25) is 0 Å². The van der Waals surface area contributed by atoms with Crippen LogP contribution in [0.1, 0.15) is 33.6 Å². The Bertz CT molecular complexity index is 196. The average Bonchev–Trinajstić information content (AvgIpc) is 2.47. The second-order valence-electron chi connectivity index (χ2n) is 5.07. The molecule has 0 bridgehead atoms. The molecule has 0 radical (unpaired) electrons. The summed E-state index contributed by atoms with van der Waals surface area (Å²) in [6.07, 6.45) is 2.29. The van der Waals surface area contributed by atoms with E-state index in [4.69, 9.17) is 25.8 Å². The monoisotopic (exact) mass is 309 g/mol. The number of nitrogens with one attached hydrogen (secondary N) is 1. The van der Waals surface area contributed by atoms with Crippen molar-refractivity contribution in [3.63, 3.8) is 0 Å². The zero-order chi connectivity index (χ0) is 15.1. The molecule has 0 spiro atoms. The quantitative estimate of drug-likeness (QED) is 0.373. The van der Waals surface area contributed by atoms with Gasteiger partial charge in [0.1, 0.15) is 0 Å². The Balaban J connectivity index is 3.10. The van der Waals surface area contributed by atoms with Gasteiger partial charge < -0.3 is 19.5 Å². The maximum absolute atomic E-state index is 5.80. The summed E-state index contributed by atoms with van der Waals surface area (Å²) >= 11 is 5.80. The smallest absolute Gasteiger partial charge is 0.0701 e. The van der Waals surface area contributed by atoms with Crippen LogP contribution in [-0.2, 0) is 14.2 Å². The van der Waals surface area contributed by atoms with E-state index >= 15 is 0 Å². The minimum absolute atomic E-state index is 0.424. The first-order valence-electron chi connectivity index (χ1n) is 7.74. The van der Waals surface area contributed by atoms with Gasteiger partial charge in [-0.3, -0.25) is 0 Å². The van der Waals surface area contributed by atoms with Gasteiger partial charge in [0.05, 0.1) is 33.0 Å². The molecule has 5 heteroatoms. The van der Waals surface area contributed by atoms with Crippen molar-refractivity contribution in [2.24, 2.45) is 5.92 Å². The van der Waals surface area contributed by atoms with Crippen LogP contribution >= 0.6 is 11.6 Å². The van der Waals surface area contributed by atoms with Crippen molar-refractivity contribution in [1.82, 2.24) is 5.32 Å². The normalized spacial score (nSPS) is 14.4. The maximum Gasteiger partial charge on any atom is 0.0701 e. The first-order valence-corrected chi connectivity index (χ1v) is 8.28. The Hall–Kier alpha value is 0.130. The SMILES string of the molecule is CCCCOCCOCCOCCNC(C)C(C)CCl. The molecule has 1 N–H and O–H groups in total. The fraction of sp³-hybridized carbons (Fsp3) is 1.00. The van der Waals surface area contributed by atoms with Crippen LogP contribution < -0.4 is 5.32 Å². The lowest BCUT2D eigenvalue weighted by atomic mass is 10.1. The number of alkyl halides is 1. The van der Waals surface area contributed by atoms with Crippen molar-refractivity contribution in [3.05, 3.63) is 0 Å². The maximum atomic E-state index is 5.80. The highest BCUT2D eigenvalue weighted by Crippen LogP contribution is 2.03. The van der Waals surface area contributed by atoms with Crippen LogP contribution in [0.25, 0.3) is 0 Å². The van der Waals surface area contributed by atoms with Crippen molar-refractivity contribution in [2.45, 2.75) is 39.7 Å². The van der Waals surface area contributed by atoms with Crippen molar-refractivity contribution >= 4 is 11.6 Å². The summed E-state index contributed by atoms with van der Waals surface area (Å²) in [4.78, 5) is 0. The average molecular weight is 310 g/mol. The van der Waals surface area contributed by atoms with Crippen molar-refractivity contribution < 1.29 is 14.2 Å². The lowest BCUT2D eigenvalue weighted by Gasteiger charge is -2.18. The molecule has 0 aliphatic heterocycles. The summed E-state index contributed by atoms with van der Waals surface area (Å²) in [6.45, 7) is 11.4. The molecule has 0 aromatic rings. The second-order valence-corrected chi connectivity index (χ2v) is 5.37. The molecule has 0 aliphatic rings. The van der Waals surface area contributed by atoms with Gasteiger partial charge in [-0.2, -0.15) is 0 Å². The van der Waals surface area contributed by atoms with Crippen LogP contribution in [0.5, 0.6) is 0 Å². The van der Waals surface area contributed by atoms with Gasteiger partial charge in [-0.1, -0.05) is 20.3 Å². The van der Waals surface area contributed by atoms with Gasteiger partial charge in [-0.15, -0.1) is 11.6 Å². The van der Waals surface area contributed by atoms with E-state index in [0.717, 1.165) is 19.6 Å². The number of hydrogen-bond donors (Lipinski definition) is 1. The summed E-state index contributed by atoms with van der Waals surface area (Å²) in [5, 5.41) is 3.39. The van der Waals surface area contributed by atoms with E-state index in [1.807, 2.05) is 0 Å². The van der Waals surface area contributed by atoms with Crippen molar-refractivity contribution in [3.8, 4) is 0 Å². The molecule has 0 saturated carbocycles. The van der Waals surface area contributed by atoms with Crippen LogP contribution in [-0.4, -0.2) is 58.1 Å². The Kier molecular flexibility index (Phi) is 15.6. The van der Waals surface area contributed by atoms with Crippen LogP contribution in [0, 0.1) is 5.92 Å². The first kappa shape index (κ1) is 20.1. The predicted octanol–water partition coefficient (Wildman–Crippen LogP) is 2.69. The molecule has 0 heterocycles. The molecule has 0 saturated heterocycles. The third kappa shape index (κ3) is 13.1. The second kappa shape index (κ2) is 15.5. The van der Waals surface area contributed by atoms with E-state index in [0.29, 0.717) is 50.9 Å². The van der Waals surface area contributed by atoms with Crippen LogP contribution in [0.4, 0.5) is 0 Å². The predicted molar refractivity (Wildman–Crippen MR) is 84.7 cm³/mol. The molecule has 4 nitrogen and oxygen atoms in total. The standard InChI is InChI=1S/C15H32ClNO3/c1-4-5-7-18-9-11-20-12-10-19-8-6-17-15(3)14(2)13-16/h14-15,17H,4-13H2,1-3H3. The summed E-state index contributed by atoms with van der Waals surface area (Å²) in [7, 11) is 0. The molecule has 0 aliphatic carbocycles. The Morgan fingerprint density at radius 2 is 1.45 bits per heavy atom. The fourth-order valence-electron chi connectivity index (χ4n) is 1.48. The van der Waals surface area contributed by atoms with E-state index in [2.05, 4.69) is 26.1 Å². The highest BCUT2D eigenvalue weighted by atomic mass is 35.5. The fourth-order valence-corrected chi connectivity index (χ4v) is 1.75. The third-order valence-electron chi connectivity index (χ3n) is 3.20. The lowest BCUT2D eigenvalue weighted by molar-refractivity contribution is 0.0143. The van der Waals surface area contributed by atoms with E-state index in [1.165, 1.54) is 6.42 Å². The number of unbranched alkanes of at least 4 members (excludes halogenated alkanes) is 1. The molecule has 0 amide bonds. The van der Waals surface area contributed by atoms with Crippen molar-refractivity contribution in [1.29, 1.82) is 0 Å².